The zero-order valence-corrected chi connectivity index (χ0v) is 7.04. The van der Waals surface area contributed by atoms with E-state index in [0.29, 0.717) is 0 Å². The summed E-state index contributed by atoms with van der Waals surface area (Å²) in [5.41, 5.74) is 1.16. The minimum absolute atomic E-state index is 0. The van der Waals surface area contributed by atoms with Crippen molar-refractivity contribution in [3.8, 4) is 0 Å². The van der Waals surface area contributed by atoms with Crippen molar-refractivity contribution < 1.29 is 46.9 Å². The summed E-state index contributed by atoms with van der Waals surface area (Å²) in [7, 11) is -4.42. The second-order valence-corrected chi connectivity index (χ2v) is 3.25. The van der Waals surface area contributed by atoms with Gasteiger partial charge in [0, 0.05) is 0 Å². The number of nitrogens with one attached hydrogen (secondary N) is 1. The van der Waals surface area contributed by atoms with E-state index in [-0.39, 0.29) is 18.9 Å². The summed E-state index contributed by atoms with van der Waals surface area (Å²) < 4.78 is 28.1. The molecule has 0 aromatic heterocycles. The predicted octanol–water partition coefficient (Wildman–Crippen LogP) is -6.02. The number of rotatable bonds is 4. The van der Waals surface area contributed by atoms with Gasteiger partial charge in [0.1, 0.15) is 0 Å². The van der Waals surface area contributed by atoms with Crippen LogP contribution in [0.2, 0.25) is 0 Å². The van der Waals surface area contributed by atoms with Crippen LogP contribution in [0.1, 0.15) is 0 Å². The fraction of sp³-hybridized carbons (Fsp3) is 0.667. The summed E-state index contributed by atoms with van der Waals surface area (Å²) in [4.78, 5) is 9.90. The van der Waals surface area contributed by atoms with E-state index in [4.69, 9.17) is 9.76 Å². The Morgan fingerprint density at radius 3 is 2.08 bits per heavy atom. The Kier molecular flexibility index (Phi) is 6.64. The van der Waals surface area contributed by atoms with Crippen molar-refractivity contribution in [3.05, 3.63) is 0 Å². The Bertz CT molecular complexity index is 237. The zero-order chi connectivity index (χ0) is 9.07. The van der Waals surface area contributed by atoms with Gasteiger partial charge in [-0.15, -0.1) is 0 Å². The number of carbonyl (C=O) groups excluding carboxylic acids is 1. The van der Waals surface area contributed by atoms with Gasteiger partial charge in [0.25, 0.3) is 10.1 Å². The molecule has 0 heterocycles. The first kappa shape index (κ1) is 14.4. The van der Waals surface area contributed by atoms with Crippen LogP contribution < -0.4 is 29.4 Å². The molecular weight excluding hydrogens is 185 g/mol. The Morgan fingerprint density at radius 1 is 1.58 bits per heavy atom. The molecule has 0 aliphatic rings. The van der Waals surface area contributed by atoms with Crippen LogP contribution in [-0.4, -0.2) is 35.9 Å². The molecule has 0 spiro atoms. The summed E-state index contributed by atoms with van der Waals surface area (Å²) in [6.07, 6.45) is 0. The summed E-state index contributed by atoms with van der Waals surface area (Å²) in [6.45, 7) is 0. The molecule has 66 valence electrons. The number of hydroxylamine groups is 1. The smallest absolute Gasteiger partial charge is 0.548 e. The van der Waals surface area contributed by atoms with Crippen molar-refractivity contribution in [2.45, 2.75) is 6.04 Å². The quantitative estimate of drug-likeness (QED) is 0.229. The standard InChI is InChI=1S/C3H7NO6S.Li/c5-3(6)2(4-7)1-11(8,9)10;/h2,4,7H,1H2,(H,5,6)(H,8,9,10);/q;+1/p-1/t2-;/m0./s1. The largest absolute Gasteiger partial charge is 1.00 e. The van der Waals surface area contributed by atoms with Gasteiger partial charge < -0.3 is 15.1 Å². The van der Waals surface area contributed by atoms with Crippen molar-refractivity contribution >= 4 is 16.1 Å². The maximum absolute atomic E-state index is 10.0. The summed E-state index contributed by atoms with van der Waals surface area (Å²) in [5, 5.41) is 17.9. The van der Waals surface area contributed by atoms with Crippen LogP contribution in [0.25, 0.3) is 0 Å². The van der Waals surface area contributed by atoms with Crippen LogP contribution in [0.4, 0.5) is 0 Å². The number of carboxylic acids is 1. The maximum Gasteiger partial charge on any atom is 1.00 e. The first-order chi connectivity index (χ1) is 4.87. The predicted molar refractivity (Wildman–Crippen MR) is 30.1 cm³/mol. The fourth-order valence-corrected chi connectivity index (χ4v) is 1.00. The normalized spacial score (nSPS) is 13.2. The van der Waals surface area contributed by atoms with Gasteiger partial charge in [-0.2, -0.15) is 13.9 Å². The van der Waals surface area contributed by atoms with Gasteiger partial charge in [0.2, 0.25) is 0 Å². The summed E-state index contributed by atoms with van der Waals surface area (Å²) in [6, 6.07) is -1.81. The zero-order valence-electron chi connectivity index (χ0n) is 6.22. The van der Waals surface area contributed by atoms with E-state index in [9.17, 15) is 18.3 Å². The first-order valence-corrected chi connectivity index (χ1v) is 4.03. The van der Waals surface area contributed by atoms with E-state index in [2.05, 4.69) is 0 Å². The SMILES string of the molecule is O=C([O-])[C@H](CS(=O)(=O)O)NO.[Li+]. The van der Waals surface area contributed by atoms with Crippen molar-refractivity contribution in [3.63, 3.8) is 0 Å². The first-order valence-electron chi connectivity index (χ1n) is 2.42. The third-order valence-corrected chi connectivity index (χ3v) is 1.57. The Morgan fingerprint density at radius 2 is 2.00 bits per heavy atom. The van der Waals surface area contributed by atoms with Gasteiger partial charge in [-0.05, 0) is 0 Å². The molecule has 0 bridgehead atoms. The van der Waals surface area contributed by atoms with Gasteiger partial charge in [-0.3, -0.25) is 4.55 Å². The van der Waals surface area contributed by atoms with Gasteiger partial charge in [0.15, 0.2) is 0 Å². The number of carbonyl (C=O) groups is 1. The minimum atomic E-state index is -4.42. The summed E-state index contributed by atoms with van der Waals surface area (Å²) in [5.74, 6) is -2.95. The summed E-state index contributed by atoms with van der Waals surface area (Å²) >= 11 is 0. The van der Waals surface area contributed by atoms with Crippen molar-refractivity contribution in [1.82, 2.24) is 5.48 Å². The molecule has 0 amide bonds. The second-order valence-electron chi connectivity index (χ2n) is 1.75. The van der Waals surface area contributed by atoms with Crippen LogP contribution >= 0.6 is 0 Å². The topological polar surface area (TPSA) is 127 Å². The van der Waals surface area contributed by atoms with E-state index in [1.54, 1.807) is 0 Å². The molecule has 0 aromatic carbocycles. The molecule has 3 N–H and O–H groups in total. The van der Waals surface area contributed by atoms with E-state index >= 15 is 0 Å². The third-order valence-electron chi connectivity index (χ3n) is 0.818. The molecular formula is C3H6LiNO6S. The average Bonchev–Trinajstić information content (AvgIpc) is 1.80. The van der Waals surface area contributed by atoms with Crippen molar-refractivity contribution in [2.24, 2.45) is 0 Å². The molecule has 0 unspecified atom stereocenters. The van der Waals surface area contributed by atoms with E-state index < -0.39 is 27.9 Å². The molecule has 0 aliphatic heterocycles. The van der Waals surface area contributed by atoms with Gasteiger partial charge in [0.05, 0.1) is 17.8 Å². The second kappa shape index (κ2) is 5.53. The molecule has 0 radical (unpaired) electrons. The monoisotopic (exact) mass is 191 g/mol. The molecule has 0 saturated heterocycles. The van der Waals surface area contributed by atoms with Crippen molar-refractivity contribution in [2.75, 3.05) is 5.75 Å². The molecule has 7 nitrogen and oxygen atoms in total. The number of carboxylic acid groups (broad SMARTS) is 1. The molecule has 0 rings (SSSR count). The number of aliphatic carboxylic acids is 1. The molecule has 1 atom stereocenters. The van der Waals surface area contributed by atoms with Crippen LogP contribution in [0.15, 0.2) is 0 Å². The van der Waals surface area contributed by atoms with Gasteiger partial charge in [-0.1, -0.05) is 0 Å². The fourth-order valence-electron chi connectivity index (χ4n) is 0.369. The molecule has 12 heavy (non-hydrogen) atoms. The average molecular weight is 191 g/mol. The third kappa shape index (κ3) is 6.60. The van der Waals surface area contributed by atoms with Crippen molar-refractivity contribution in [1.29, 1.82) is 0 Å². The van der Waals surface area contributed by atoms with E-state index in [0.717, 1.165) is 5.48 Å². The van der Waals surface area contributed by atoms with Gasteiger partial charge in [-0.25, -0.2) is 0 Å². The molecule has 0 saturated carbocycles. The van der Waals surface area contributed by atoms with Crippen LogP contribution in [0.3, 0.4) is 0 Å². The number of hydrogen-bond acceptors (Lipinski definition) is 6. The Labute approximate surface area is 80.6 Å². The van der Waals surface area contributed by atoms with E-state index in [1.165, 1.54) is 0 Å². The number of hydrogen-bond donors (Lipinski definition) is 3. The van der Waals surface area contributed by atoms with Gasteiger partial charge >= 0.3 is 18.9 Å². The molecule has 9 heteroatoms. The Hall–Kier alpha value is -0.103. The minimum Gasteiger partial charge on any atom is -0.548 e. The van der Waals surface area contributed by atoms with Crippen LogP contribution in [0, 0.1) is 0 Å². The molecule has 0 fully saturated rings. The van der Waals surface area contributed by atoms with E-state index in [1.807, 2.05) is 0 Å². The molecule has 0 aliphatic carbocycles. The molecule has 0 aromatic rings. The maximum atomic E-state index is 10.0. The van der Waals surface area contributed by atoms with Crippen LogP contribution in [0.5, 0.6) is 0 Å². The van der Waals surface area contributed by atoms with Crippen LogP contribution in [-0.2, 0) is 14.9 Å². The Balaban J connectivity index is 0.